The van der Waals surface area contributed by atoms with E-state index in [1.165, 1.54) is 6.20 Å². The molecule has 0 aromatic carbocycles. The summed E-state index contributed by atoms with van der Waals surface area (Å²) in [6.45, 7) is 1.46. The first-order valence-electron chi connectivity index (χ1n) is 6.42. The van der Waals surface area contributed by atoms with E-state index in [0.717, 1.165) is 24.8 Å². The van der Waals surface area contributed by atoms with E-state index in [9.17, 15) is 13.6 Å². The molecule has 19 heavy (non-hydrogen) atoms. The van der Waals surface area contributed by atoms with Gasteiger partial charge in [0, 0.05) is 23.4 Å². The summed E-state index contributed by atoms with van der Waals surface area (Å²) in [4.78, 5) is 16.1. The van der Waals surface area contributed by atoms with Crippen LogP contribution in [0.2, 0.25) is 0 Å². The van der Waals surface area contributed by atoms with Gasteiger partial charge in [0.25, 0.3) is 12.3 Å². The number of hydrogen-bond donors (Lipinski definition) is 2. The van der Waals surface area contributed by atoms with Crippen LogP contribution in [0.1, 0.15) is 35.7 Å². The van der Waals surface area contributed by atoms with E-state index >= 15 is 0 Å². The third-order valence-electron chi connectivity index (χ3n) is 3.29. The summed E-state index contributed by atoms with van der Waals surface area (Å²) in [5, 5.41) is 5.50. The van der Waals surface area contributed by atoms with Gasteiger partial charge in [-0.1, -0.05) is 6.92 Å². The van der Waals surface area contributed by atoms with Gasteiger partial charge in [0.2, 0.25) is 0 Å². The molecule has 1 aromatic heterocycles. The van der Waals surface area contributed by atoms with E-state index in [4.69, 9.17) is 0 Å². The van der Waals surface area contributed by atoms with Gasteiger partial charge in [-0.05, 0) is 25.3 Å². The first-order valence-corrected chi connectivity index (χ1v) is 6.42. The molecule has 1 amide bonds. The minimum Gasteiger partial charge on any atom is -0.367 e. The van der Waals surface area contributed by atoms with E-state index in [0.29, 0.717) is 17.4 Å². The molecule has 1 aliphatic rings. The number of anilines is 1. The van der Waals surface area contributed by atoms with Crippen LogP contribution in [0.15, 0.2) is 12.3 Å². The van der Waals surface area contributed by atoms with Gasteiger partial charge in [0.15, 0.2) is 0 Å². The molecule has 0 spiro atoms. The Bertz CT molecular complexity index is 465. The van der Waals surface area contributed by atoms with Crippen LogP contribution in [0, 0.1) is 0 Å². The number of aromatic nitrogens is 1. The maximum atomic E-state index is 12.1. The van der Waals surface area contributed by atoms with E-state index < -0.39 is 18.9 Å². The van der Waals surface area contributed by atoms with Crippen LogP contribution in [0.4, 0.5) is 14.6 Å². The number of fused-ring (bicyclic) bond motifs is 1. The van der Waals surface area contributed by atoms with Crippen molar-refractivity contribution in [3.8, 4) is 0 Å². The molecule has 4 nitrogen and oxygen atoms in total. The first-order chi connectivity index (χ1) is 9.11. The number of halogens is 2. The largest absolute Gasteiger partial charge is 0.367 e. The van der Waals surface area contributed by atoms with Crippen LogP contribution in [0.3, 0.4) is 0 Å². The highest BCUT2D eigenvalue weighted by Crippen LogP contribution is 2.26. The molecule has 6 heteroatoms. The average Bonchev–Trinajstić information content (AvgIpc) is 2.43. The van der Waals surface area contributed by atoms with Crippen molar-refractivity contribution in [2.45, 2.75) is 38.7 Å². The van der Waals surface area contributed by atoms with E-state index in [1.807, 2.05) is 0 Å². The highest BCUT2D eigenvalue weighted by Gasteiger charge is 2.22. The SMILES string of the molecule is CC[C@H]1CCc2c(C(=O)NCC(F)F)ccnc2N1. The summed E-state index contributed by atoms with van der Waals surface area (Å²) in [6, 6.07) is 1.94. The van der Waals surface area contributed by atoms with Crippen molar-refractivity contribution >= 4 is 11.7 Å². The summed E-state index contributed by atoms with van der Waals surface area (Å²) < 4.78 is 24.2. The lowest BCUT2D eigenvalue weighted by molar-refractivity contribution is 0.0890. The summed E-state index contributed by atoms with van der Waals surface area (Å²) in [5.41, 5.74) is 1.26. The Morgan fingerprint density at radius 1 is 1.63 bits per heavy atom. The molecule has 0 radical (unpaired) electrons. The molecular formula is C13H17F2N3O. The summed E-state index contributed by atoms with van der Waals surface area (Å²) in [6.07, 6.45) is 1.64. The molecule has 0 saturated heterocycles. The average molecular weight is 269 g/mol. The second-order valence-corrected chi connectivity index (χ2v) is 4.57. The molecule has 0 fully saturated rings. The third kappa shape index (κ3) is 3.19. The number of carbonyl (C=O) groups excluding carboxylic acids is 1. The van der Waals surface area contributed by atoms with Crippen molar-refractivity contribution in [3.05, 3.63) is 23.4 Å². The van der Waals surface area contributed by atoms with Crippen molar-refractivity contribution in [2.75, 3.05) is 11.9 Å². The predicted molar refractivity (Wildman–Crippen MR) is 68.6 cm³/mol. The minimum atomic E-state index is -2.54. The van der Waals surface area contributed by atoms with Crippen molar-refractivity contribution in [2.24, 2.45) is 0 Å². The minimum absolute atomic E-state index is 0.361. The fourth-order valence-corrected chi connectivity index (χ4v) is 2.24. The molecule has 0 unspecified atom stereocenters. The van der Waals surface area contributed by atoms with Crippen LogP contribution >= 0.6 is 0 Å². The normalized spacial score (nSPS) is 17.8. The highest BCUT2D eigenvalue weighted by atomic mass is 19.3. The molecule has 2 rings (SSSR count). The standard InChI is InChI=1S/C13H17F2N3O/c1-2-8-3-4-9-10(5-6-16-12(9)18-8)13(19)17-7-11(14)15/h5-6,8,11H,2-4,7H2,1H3,(H,16,18)(H,17,19)/t8-/m0/s1. The summed E-state index contributed by atoms with van der Waals surface area (Å²) in [5.74, 6) is 0.235. The lowest BCUT2D eigenvalue weighted by Gasteiger charge is -2.26. The van der Waals surface area contributed by atoms with Crippen molar-refractivity contribution in [1.82, 2.24) is 10.3 Å². The zero-order chi connectivity index (χ0) is 13.8. The van der Waals surface area contributed by atoms with Crippen molar-refractivity contribution in [1.29, 1.82) is 0 Å². The molecule has 1 aromatic rings. The molecule has 1 aliphatic heterocycles. The first kappa shape index (κ1) is 13.7. The van der Waals surface area contributed by atoms with Gasteiger partial charge in [-0.2, -0.15) is 0 Å². The Balaban J connectivity index is 2.16. The van der Waals surface area contributed by atoms with Crippen LogP contribution in [0.5, 0.6) is 0 Å². The molecule has 0 saturated carbocycles. The lowest BCUT2D eigenvalue weighted by atomic mass is 9.95. The van der Waals surface area contributed by atoms with Gasteiger partial charge in [0.05, 0.1) is 6.54 Å². The van der Waals surface area contributed by atoms with E-state index in [1.54, 1.807) is 6.07 Å². The van der Waals surface area contributed by atoms with Crippen molar-refractivity contribution in [3.63, 3.8) is 0 Å². The highest BCUT2D eigenvalue weighted by molar-refractivity contribution is 5.96. The fourth-order valence-electron chi connectivity index (χ4n) is 2.24. The Morgan fingerprint density at radius 2 is 2.42 bits per heavy atom. The van der Waals surface area contributed by atoms with Gasteiger partial charge in [0.1, 0.15) is 5.82 Å². The fraction of sp³-hybridized carbons (Fsp3) is 0.538. The van der Waals surface area contributed by atoms with Crippen LogP contribution in [-0.4, -0.2) is 29.9 Å². The number of amides is 1. The quantitative estimate of drug-likeness (QED) is 0.881. The molecule has 0 aliphatic carbocycles. The number of hydrogen-bond acceptors (Lipinski definition) is 3. The summed E-state index contributed by atoms with van der Waals surface area (Å²) >= 11 is 0. The Morgan fingerprint density at radius 3 is 3.11 bits per heavy atom. The van der Waals surface area contributed by atoms with E-state index in [2.05, 4.69) is 22.5 Å². The zero-order valence-corrected chi connectivity index (χ0v) is 10.7. The number of carbonyl (C=O) groups is 1. The smallest absolute Gasteiger partial charge is 0.255 e. The molecule has 104 valence electrons. The third-order valence-corrected chi connectivity index (χ3v) is 3.29. The van der Waals surface area contributed by atoms with Gasteiger partial charge < -0.3 is 10.6 Å². The van der Waals surface area contributed by atoms with E-state index in [-0.39, 0.29) is 0 Å². The molecular weight excluding hydrogens is 252 g/mol. The number of nitrogens with zero attached hydrogens (tertiary/aromatic N) is 1. The van der Waals surface area contributed by atoms with Gasteiger partial charge in [-0.15, -0.1) is 0 Å². The van der Waals surface area contributed by atoms with Crippen LogP contribution < -0.4 is 10.6 Å². The summed E-state index contributed by atoms with van der Waals surface area (Å²) in [7, 11) is 0. The number of pyridine rings is 1. The van der Waals surface area contributed by atoms with Gasteiger partial charge in [-0.25, -0.2) is 13.8 Å². The second kappa shape index (κ2) is 5.95. The maximum Gasteiger partial charge on any atom is 0.255 e. The van der Waals surface area contributed by atoms with Crippen molar-refractivity contribution < 1.29 is 13.6 Å². The topological polar surface area (TPSA) is 54.0 Å². The molecule has 0 bridgehead atoms. The Kier molecular flexibility index (Phi) is 4.29. The van der Waals surface area contributed by atoms with Crippen LogP contribution in [0.25, 0.3) is 0 Å². The second-order valence-electron chi connectivity index (χ2n) is 4.57. The number of alkyl halides is 2. The molecule has 2 heterocycles. The maximum absolute atomic E-state index is 12.1. The predicted octanol–water partition coefficient (Wildman–Crippen LogP) is 2.21. The molecule has 1 atom stereocenters. The van der Waals surface area contributed by atoms with Gasteiger partial charge in [-0.3, -0.25) is 4.79 Å². The number of nitrogens with one attached hydrogen (secondary N) is 2. The number of rotatable bonds is 4. The lowest BCUT2D eigenvalue weighted by Crippen LogP contribution is -2.32. The Labute approximate surface area is 110 Å². The molecule has 2 N–H and O–H groups in total. The van der Waals surface area contributed by atoms with Crippen LogP contribution in [-0.2, 0) is 6.42 Å². The van der Waals surface area contributed by atoms with Gasteiger partial charge >= 0.3 is 0 Å². The zero-order valence-electron chi connectivity index (χ0n) is 10.7. The monoisotopic (exact) mass is 269 g/mol. The Hall–Kier alpha value is -1.72.